The maximum atomic E-state index is 6.05. The number of rotatable bonds is 4. The van der Waals surface area contributed by atoms with Crippen LogP contribution in [0.3, 0.4) is 0 Å². The van der Waals surface area contributed by atoms with E-state index in [4.69, 9.17) is 19.9 Å². The predicted octanol–water partition coefficient (Wildman–Crippen LogP) is 1.43. The molecule has 1 aliphatic rings. The van der Waals surface area contributed by atoms with Crippen molar-refractivity contribution in [2.75, 3.05) is 33.2 Å². The Bertz CT molecular complexity index is 617. The fourth-order valence-electron chi connectivity index (χ4n) is 2.65. The molecule has 108 valence electrons. The molecule has 0 spiro atoms. The molecule has 1 atom stereocenters. The molecule has 6 heteroatoms. The molecular weight excluding hydrogens is 258 g/mol. The van der Waals surface area contributed by atoms with Crippen molar-refractivity contribution in [3.8, 4) is 5.75 Å². The van der Waals surface area contributed by atoms with Crippen LogP contribution in [0.4, 0.5) is 5.95 Å². The molecule has 6 nitrogen and oxygen atoms in total. The van der Waals surface area contributed by atoms with Gasteiger partial charge in [0.05, 0.1) is 31.3 Å². The first-order chi connectivity index (χ1) is 9.67. The third kappa shape index (κ3) is 2.10. The van der Waals surface area contributed by atoms with Gasteiger partial charge < -0.3 is 24.5 Å². The average molecular weight is 277 g/mol. The first-order valence-corrected chi connectivity index (χ1v) is 6.60. The van der Waals surface area contributed by atoms with E-state index in [0.717, 1.165) is 23.2 Å². The van der Waals surface area contributed by atoms with Crippen LogP contribution < -0.4 is 10.5 Å². The molecule has 1 saturated heterocycles. The quantitative estimate of drug-likeness (QED) is 0.915. The summed E-state index contributed by atoms with van der Waals surface area (Å²) < 4.78 is 18.3. The molecule has 1 fully saturated rings. The van der Waals surface area contributed by atoms with E-state index in [2.05, 4.69) is 4.98 Å². The van der Waals surface area contributed by atoms with Crippen molar-refractivity contribution in [2.24, 2.45) is 0 Å². The van der Waals surface area contributed by atoms with Crippen molar-refractivity contribution in [3.05, 3.63) is 18.2 Å². The Hall–Kier alpha value is -1.79. The second-order valence-electron chi connectivity index (χ2n) is 5.10. The number of nitrogen functional groups attached to an aromatic ring is 1. The highest BCUT2D eigenvalue weighted by atomic mass is 16.5. The standard InChI is InChI=1S/C14H19N3O3/c1-18-10-3-4-12-11(7-10)16-13(15)17(12)8-14(19-2)5-6-20-9-14/h3-4,7H,5-6,8-9H2,1-2H3,(H2,15,16). The molecule has 1 aromatic carbocycles. The molecule has 3 rings (SSSR count). The minimum absolute atomic E-state index is 0.318. The van der Waals surface area contributed by atoms with Crippen LogP contribution in [-0.4, -0.2) is 42.6 Å². The van der Waals surface area contributed by atoms with E-state index in [1.54, 1.807) is 14.2 Å². The molecule has 1 unspecified atom stereocenters. The van der Waals surface area contributed by atoms with Crippen LogP contribution in [0.15, 0.2) is 18.2 Å². The predicted molar refractivity (Wildman–Crippen MR) is 75.9 cm³/mol. The molecule has 1 aromatic heterocycles. The Morgan fingerprint density at radius 3 is 2.95 bits per heavy atom. The zero-order valence-corrected chi connectivity index (χ0v) is 11.8. The summed E-state index contributed by atoms with van der Waals surface area (Å²) in [6.45, 7) is 1.94. The second kappa shape index (κ2) is 4.96. The molecule has 0 radical (unpaired) electrons. The molecule has 2 aromatic rings. The van der Waals surface area contributed by atoms with Crippen molar-refractivity contribution in [3.63, 3.8) is 0 Å². The number of aromatic nitrogens is 2. The summed E-state index contributed by atoms with van der Waals surface area (Å²) in [5, 5.41) is 0. The number of hydrogen-bond donors (Lipinski definition) is 1. The van der Waals surface area contributed by atoms with Gasteiger partial charge in [-0.25, -0.2) is 4.98 Å². The third-order valence-electron chi connectivity index (χ3n) is 3.93. The van der Waals surface area contributed by atoms with Gasteiger partial charge in [-0.2, -0.15) is 0 Å². The third-order valence-corrected chi connectivity index (χ3v) is 3.93. The minimum atomic E-state index is -0.318. The van der Waals surface area contributed by atoms with Crippen LogP contribution >= 0.6 is 0 Å². The van der Waals surface area contributed by atoms with Crippen molar-refractivity contribution in [1.82, 2.24) is 9.55 Å². The molecule has 0 bridgehead atoms. The summed E-state index contributed by atoms with van der Waals surface area (Å²) in [5.74, 6) is 1.25. The highest BCUT2D eigenvalue weighted by molar-refractivity contribution is 5.79. The van der Waals surface area contributed by atoms with E-state index in [1.807, 2.05) is 22.8 Å². The maximum Gasteiger partial charge on any atom is 0.201 e. The van der Waals surface area contributed by atoms with E-state index < -0.39 is 0 Å². The minimum Gasteiger partial charge on any atom is -0.497 e. The van der Waals surface area contributed by atoms with Gasteiger partial charge in [-0.3, -0.25) is 0 Å². The number of hydrogen-bond acceptors (Lipinski definition) is 5. The van der Waals surface area contributed by atoms with Gasteiger partial charge in [0.2, 0.25) is 5.95 Å². The van der Waals surface area contributed by atoms with E-state index in [0.29, 0.717) is 25.7 Å². The van der Waals surface area contributed by atoms with Crippen molar-refractivity contribution < 1.29 is 14.2 Å². The Morgan fingerprint density at radius 2 is 2.30 bits per heavy atom. The summed E-state index contributed by atoms with van der Waals surface area (Å²) in [6.07, 6.45) is 0.860. The van der Waals surface area contributed by atoms with Gasteiger partial charge in [0.1, 0.15) is 11.4 Å². The first kappa shape index (κ1) is 13.2. The van der Waals surface area contributed by atoms with Crippen LogP contribution in [0, 0.1) is 0 Å². The number of nitrogens with zero attached hydrogens (tertiary/aromatic N) is 2. The van der Waals surface area contributed by atoms with Crippen LogP contribution in [-0.2, 0) is 16.0 Å². The van der Waals surface area contributed by atoms with E-state index in [-0.39, 0.29) is 5.60 Å². The van der Waals surface area contributed by atoms with Gasteiger partial charge in [0, 0.05) is 26.2 Å². The first-order valence-electron chi connectivity index (χ1n) is 6.60. The lowest BCUT2D eigenvalue weighted by atomic mass is 10.0. The van der Waals surface area contributed by atoms with Gasteiger partial charge >= 0.3 is 0 Å². The number of methoxy groups -OCH3 is 2. The molecule has 0 saturated carbocycles. The zero-order valence-electron chi connectivity index (χ0n) is 11.8. The lowest BCUT2D eigenvalue weighted by Crippen LogP contribution is -2.37. The van der Waals surface area contributed by atoms with Gasteiger partial charge in [-0.15, -0.1) is 0 Å². The van der Waals surface area contributed by atoms with Gasteiger partial charge in [0.25, 0.3) is 0 Å². The number of imidazole rings is 1. The topological polar surface area (TPSA) is 71.5 Å². The van der Waals surface area contributed by atoms with E-state index in [1.165, 1.54) is 0 Å². The Kier molecular flexibility index (Phi) is 3.27. The normalized spacial score (nSPS) is 22.5. The summed E-state index contributed by atoms with van der Waals surface area (Å²) in [5.41, 5.74) is 7.54. The summed E-state index contributed by atoms with van der Waals surface area (Å²) in [4.78, 5) is 4.39. The lowest BCUT2D eigenvalue weighted by Gasteiger charge is -2.26. The number of anilines is 1. The second-order valence-corrected chi connectivity index (χ2v) is 5.10. The average Bonchev–Trinajstić information content (AvgIpc) is 3.05. The molecule has 0 aliphatic carbocycles. The number of fused-ring (bicyclic) bond motifs is 1. The smallest absolute Gasteiger partial charge is 0.201 e. The SMILES string of the molecule is COc1ccc2c(c1)nc(N)n2CC1(OC)CCOC1. The largest absolute Gasteiger partial charge is 0.497 e. The van der Waals surface area contributed by atoms with E-state index >= 15 is 0 Å². The monoisotopic (exact) mass is 277 g/mol. The summed E-state index contributed by atoms with van der Waals surface area (Å²) >= 11 is 0. The number of nitrogens with two attached hydrogens (primary N) is 1. The summed E-state index contributed by atoms with van der Waals surface area (Å²) in [7, 11) is 3.35. The molecule has 0 amide bonds. The van der Waals surface area contributed by atoms with Gasteiger partial charge in [-0.05, 0) is 12.1 Å². The molecule has 2 N–H and O–H groups in total. The van der Waals surface area contributed by atoms with Crippen molar-refractivity contribution in [1.29, 1.82) is 0 Å². The zero-order chi connectivity index (χ0) is 14.2. The molecular formula is C14H19N3O3. The molecule has 20 heavy (non-hydrogen) atoms. The van der Waals surface area contributed by atoms with Crippen LogP contribution in [0.1, 0.15) is 6.42 Å². The van der Waals surface area contributed by atoms with Crippen molar-refractivity contribution >= 4 is 17.0 Å². The van der Waals surface area contributed by atoms with Gasteiger partial charge in [0.15, 0.2) is 0 Å². The highest BCUT2D eigenvalue weighted by Gasteiger charge is 2.36. The summed E-state index contributed by atoms with van der Waals surface area (Å²) in [6, 6.07) is 5.76. The van der Waals surface area contributed by atoms with Crippen molar-refractivity contribution in [2.45, 2.75) is 18.6 Å². The van der Waals surface area contributed by atoms with Crippen LogP contribution in [0.5, 0.6) is 5.75 Å². The molecule has 1 aliphatic heterocycles. The van der Waals surface area contributed by atoms with E-state index in [9.17, 15) is 0 Å². The Labute approximate surface area is 117 Å². The maximum absolute atomic E-state index is 6.05. The molecule has 2 heterocycles. The Morgan fingerprint density at radius 1 is 1.45 bits per heavy atom. The highest BCUT2D eigenvalue weighted by Crippen LogP contribution is 2.29. The Balaban J connectivity index is 2.00. The van der Waals surface area contributed by atoms with Crippen LogP contribution in [0.2, 0.25) is 0 Å². The number of ether oxygens (including phenoxy) is 3. The lowest BCUT2D eigenvalue weighted by molar-refractivity contribution is -0.0283. The van der Waals surface area contributed by atoms with Gasteiger partial charge in [-0.1, -0.05) is 0 Å². The van der Waals surface area contributed by atoms with Crippen LogP contribution in [0.25, 0.3) is 11.0 Å². The fourth-order valence-corrected chi connectivity index (χ4v) is 2.65. The number of benzene rings is 1. The fraction of sp³-hybridized carbons (Fsp3) is 0.500.